The number of ether oxygens (including phenoxy) is 1. The molecule has 0 aliphatic carbocycles. The fraction of sp³-hybridized carbons (Fsp3) is 0.900. The Bertz CT molecular complexity index is 519. The largest absolute Gasteiger partial charge is 0.444 e. The van der Waals surface area contributed by atoms with Gasteiger partial charge in [-0.1, -0.05) is 6.92 Å². The molecule has 2 aliphatic heterocycles. The maximum atomic E-state index is 12.1. The number of nitrogens with zero attached hydrogens (tertiary/aromatic N) is 4. The number of guanidine groups is 1. The van der Waals surface area contributed by atoms with E-state index in [1.165, 1.54) is 0 Å². The van der Waals surface area contributed by atoms with Crippen molar-refractivity contribution in [2.24, 2.45) is 4.99 Å². The molecule has 0 aromatic rings. The van der Waals surface area contributed by atoms with E-state index in [1.54, 1.807) is 4.90 Å². The van der Waals surface area contributed by atoms with E-state index in [2.05, 4.69) is 41.2 Å². The van der Waals surface area contributed by atoms with Crippen molar-refractivity contribution in [3.63, 3.8) is 0 Å². The summed E-state index contributed by atoms with van der Waals surface area (Å²) in [6.07, 6.45) is -0.243. The quantitative estimate of drug-likeness (QED) is 0.519. The van der Waals surface area contributed by atoms with Crippen molar-refractivity contribution in [1.82, 2.24) is 25.3 Å². The number of nitrogens with one attached hydrogen (secondary N) is 2. The monoisotopic (exact) mass is 396 g/mol. The number of likely N-dealkylation sites (N-methyl/N-ethyl adjacent to an activating group) is 1. The first-order valence-electron chi connectivity index (χ1n) is 10.7. The van der Waals surface area contributed by atoms with Gasteiger partial charge in [0.25, 0.3) is 0 Å². The highest BCUT2D eigenvalue weighted by Gasteiger charge is 2.34. The van der Waals surface area contributed by atoms with Crippen LogP contribution in [0.2, 0.25) is 0 Å². The minimum absolute atomic E-state index is 0.216. The molecule has 0 bridgehead atoms. The molecular weight excluding hydrogens is 356 g/mol. The van der Waals surface area contributed by atoms with Crippen molar-refractivity contribution < 1.29 is 9.53 Å². The summed E-state index contributed by atoms with van der Waals surface area (Å²) in [5, 5.41) is 6.76. The molecule has 8 heteroatoms. The van der Waals surface area contributed by atoms with Gasteiger partial charge in [-0.25, -0.2) is 4.79 Å². The van der Waals surface area contributed by atoms with Crippen LogP contribution in [-0.2, 0) is 4.74 Å². The molecule has 8 nitrogen and oxygen atoms in total. The predicted molar refractivity (Wildman–Crippen MR) is 114 cm³/mol. The zero-order chi connectivity index (χ0) is 20.7. The van der Waals surface area contributed by atoms with Gasteiger partial charge in [0.05, 0.1) is 12.6 Å². The van der Waals surface area contributed by atoms with Gasteiger partial charge in [-0.3, -0.25) is 9.89 Å². The molecule has 0 aromatic carbocycles. The van der Waals surface area contributed by atoms with Gasteiger partial charge < -0.3 is 25.2 Å². The molecule has 1 atom stereocenters. The molecule has 0 aromatic heterocycles. The lowest BCUT2D eigenvalue weighted by Gasteiger charge is -2.40. The van der Waals surface area contributed by atoms with Crippen molar-refractivity contribution >= 4 is 12.1 Å². The summed E-state index contributed by atoms with van der Waals surface area (Å²) >= 11 is 0. The number of likely N-dealkylation sites (tertiary alicyclic amines) is 1. The van der Waals surface area contributed by atoms with Gasteiger partial charge in [-0.15, -0.1) is 0 Å². The molecule has 28 heavy (non-hydrogen) atoms. The zero-order valence-corrected chi connectivity index (χ0v) is 18.6. The molecule has 1 unspecified atom stereocenters. The highest BCUT2D eigenvalue weighted by molar-refractivity contribution is 5.80. The van der Waals surface area contributed by atoms with E-state index in [-0.39, 0.29) is 12.1 Å². The predicted octanol–water partition coefficient (Wildman–Crippen LogP) is 1.19. The summed E-state index contributed by atoms with van der Waals surface area (Å²) in [5.74, 6) is 0.829. The normalized spacial score (nSPS) is 21.2. The fourth-order valence-corrected chi connectivity index (χ4v) is 3.42. The third-order valence-electron chi connectivity index (χ3n) is 5.21. The Morgan fingerprint density at radius 2 is 1.82 bits per heavy atom. The number of aliphatic imine (C=N–C) groups is 1. The Kier molecular flexibility index (Phi) is 8.37. The van der Waals surface area contributed by atoms with Crippen molar-refractivity contribution in [3.8, 4) is 0 Å². The average molecular weight is 397 g/mol. The molecule has 2 saturated heterocycles. The summed E-state index contributed by atoms with van der Waals surface area (Å²) in [7, 11) is 0. The van der Waals surface area contributed by atoms with Gasteiger partial charge in [0.2, 0.25) is 0 Å². The van der Waals surface area contributed by atoms with Gasteiger partial charge in [-0.05, 0) is 41.2 Å². The number of hydrogen-bond acceptors (Lipinski definition) is 5. The topological polar surface area (TPSA) is 72.4 Å². The molecule has 2 heterocycles. The molecule has 2 fully saturated rings. The molecule has 1 amide bonds. The third-order valence-corrected chi connectivity index (χ3v) is 5.21. The summed E-state index contributed by atoms with van der Waals surface area (Å²) < 4.78 is 5.41. The Labute approximate surface area is 170 Å². The number of rotatable bonds is 6. The molecule has 0 saturated carbocycles. The highest BCUT2D eigenvalue weighted by atomic mass is 16.6. The summed E-state index contributed by atoms with van der Waals surface area (Å²) in [5.41, 5.74) is -0.454. The minimum atomic E-state index is -0.454. The standard InChI is InChI=1S/C20H40N6O2/c1-7-21-18(22-13-16(3)25-11-9-24(8-2)10-12-25)23-17-14-26(15-17)19(27)28-20(4,5)6/h16-17H,7-15H2,1-6H3,(H2,21,22,23). The summed E-state index contributed by atoms with van der Waals surface area (Å²) in [6.45, 7) is 20.7. The summed E-state index contributed by atoms with van der Waals surface area (Å²) in [6, 6.07) is 0.642. The van der Waals surface area contributed by atoms with E-state index >= 15 is 0 Å². The van der Waals surface area contributed by atoms with Gasteiger partial charge >= 0.3 is 6.09 Å². The first-order valence-corrected chi connectivity index (χ1v) is 10.7. The zero-order valence-electron chi connectivity index (χ0n) is 18.6. The van der Waals surface area contributed by atoms with Crippen LogP contribution in [0.1, 0.15) is 41.5 Å². The molecular formula is C20H40N6O2. The first-order chi connectivity index (χ1) is 13.2. The van der Waals surface area contributed by atoms with E-state index in [4.69, 9.17) is 9.73 Å². The van der Waals surface area contributed by atoms with Crippen molar-refractivity contribution in [3.05, 3.63) is 0 Å². The van der Waals surface area contributed by atoms with E-state index < -0.39 is 5.60 Å². The highest BCUT2D eigenvalue weighted by Crippen LogP contribution is 2.15. The molecule has 0 spiro atoms. The second-order valence-corrected chi connectivity index (χ2v) is 8.77. The van der Waals surface area contributed by atoms with E-state index in [1.807, 2.05) is 20.8 Å². The molecule has 162 valence electrons. The lowest BCUT2D eigenvalue weighted by Crippen LogP contribution is -2.63. The second-order valence-electron chi connectivity index (χ2n) is 8.77. The minimum Gasteiger partial charge on any atom is -0.444 e. The van der Waals surface area contributed by atoms with Gasteiger partial charge in [0.15, 0.2) is 5.96 Å². The smallest absolute Gasteiger partial charge is 0.410 e. The fourth-order valence-electron chi connectivity index (χ4n) is 3.42. The Hall–Kier alpha value is -1.54. The Morgan fingerprint density at radius 3 is 2.36 bits per heavy atom. The van der Waals surface area contributed by atoms with Crippen LogP contribution in [0.5, 0.6) is 0 Å². The van der Waals surface area contributed by atoms with Crippen molar-refractivity contribution in [2.45, 2.75) is 59.2 Å². The average Bonchev–Trinajstić information content (AvgIpc) is 2.60. The van der Waals surface area contributed by atoms with E-state index in [9.17, 15) is 4.79 Å². The molecule has 2 aliphatic rings. The van der Waals surface area contributed by atoms with Crippen LogP contribution in [-0.4, -0.2) is 103 Å². The van der Waals surface area contributed by atoms with Crippen LogP contribution in [0.4, 0.5) is 4.79 Å². The van der Waals surface area contributed by atoms with Crippen molar-refractivity contribution in [2.75, 3.05) is 58.9 Å². The van der Waals surface area contributed by atoms with Gasteiger partial charge in [0, 0.05) is 51.9 Å². The Balaban J connectivity index is 1.76. The lowest BCUT2D eigenvalue weighted by molar-refractivity contribution is 0.00700. The van der Waals surface area contributed by atoms with E-state index in [0.29, 0.717) is 19.1 Å². The van der Waals surface area contributed by atoms with Crippen LogP contribution in [0, 0.1) is 0 Å². The number of hydrogen-bond donors (Lipinski definition) is 2. The Morgan fingerprint density at radius 1 is 1.18 bits per heavy atom. The molecule has 2 N–H and O–H groups in total. The van der Waals surface area contributed by atoms with Crippen molar-refractivity contribution in [1.29, 1.82) is 0 Å². The van der Waals surface area contributed by atoms with Gasteiger partial charge in [-0.2, -0.15) is 0 Å². The lowest BCUT2D eigenvalue weighted by atomic mass is 10.1. The number of piperazine rings is 1. The first kappa shape index (κ1) is 22.7. The number of carbonyl (C=O) groups is 1. The maximum Gasteiger partial charge on any atom is 0.410 e. The van der Waals surface area contributed by atoms with E-state index in [0.717, 1.165) is 51.8 Å². The summed E-state index contributed by atoms with van der Waals surface area (Å²) in [4.78, 5) is 23.6. The van der Waals surface area contributed by atoms with Crippen LogP contribution < -0.4 is 10.6 Å². The van der Waals surface area contributed by atoms with Crippen LogP contribution in [0.3, 0.4) is 0 Å². The van der Waals surface area contributed by atoms with Gasteiger partial charge in [0.1, 0.15) is 5.60 Å². The molecule has 2 rings (SSSR count). The number of amides is 1. The van der Waals surface area contributed by atoms with Crippen LogP contribution in [0.25, 0.3) is 0 Å². The maximum absolute atomic E-state index is 12.1. The molecule has 0 radical (unpaired) electrons. The second kappa shape index (κ2) is 10.3. The van der Waals surface area contributed by atoms with Crippen LogP contribution in [0.15, 0.2) is 4.99 Å². The third kappa shape index (κ3) is 7.13. The number of carbonyl (C=O) groups excluding carboxylic acids is 1. The van der Waals surface area contributed by atoms with Crippen LogP contribution >= 0.6 is 0 Å². The SMILES string of the molecule is CCNC(=NCC(C)N1CCN(CC)CC1)NC1CN(C(=O)OC(C)(C)C)C1.